The van der Waals surface area contributed by atoms with Gasteiger partial charge in [-0.1, -0.05) is 154 Å². The van der Waals surface area contributed by atoms with Crippen LogP contribution in [-0.4, -0.2) is 35.0 Å². The molecule has 4 saturated carbocycles. The Kier molecular flexibility index (Phi) is 16.3. The standard InChI is InChI=1S/C37H69N3/c1-2-10-18-26-33(25-17-9-1)38-37(39-34-27-19-11-3-4-12-20-28-34)40(35-29-21-13-5-6-14-22-30-35)36-31-23-15-7-8-16-24-32-36/h33-36H,1-32H2,(H,38,39). The smallest absolute Gasteiger partial charge is 0.194 e. The summed E-state index contributed by atoms with van der Waals surface area (Å²) in [6.45, 7) is 0. The zero-order valence-corrected chi connectivity index (χ0v) is 26.8. The zero-order chi connectivity index (χ0) is 27.5. The van der Waals surface area contributed by atoms with Crippen molar-refractivity contribution >= 4 is 5.96 Å². The molecule has 40 heavy (non-hydrogen) atoms. The molecule has 4 aliphatic carbocycles. The van der Waals surface area contributed by atoms with Crippen molar-refractivity contribution in [2.45, 2.75) is 230 Å². The highest BCUT2D eigenvalue weighted by atomic mass is 15.3. The molecule has 0 amide bonds. The molecule has 0 aromatic carbocycles. The fourth-order valence-corrected chi connectivity index (χ4v) is 8.47. The first-order chi connectivity index (χ1) is 19.9. The van der Waals surface area contributed by atoms with Crippen LogP contribution >= 0.6 is 0 Å². The van der Waals surface area contributed by atoms with Crippen molar-refractivity contribution in [3.05, 3.63) is 0 Å². The maximum atomic E-state index is 5.89. The van der Waals surface area contributed by atoms with Crippen LogP contribution in [0.4, 0.5) is 0 Å². The Morgan fingerprint density at radius 3 is 1.05 bits per heavy atom. The predicted molar refractivity (Wildman–Crippen MR) is 175 cm³/mol. The van der Waals surface area contributed by atoms with Gasteiger partial charge in [0.25, 0.3) is 0 Å². The minimum absolute atomic E-state index is 0.534. The van der Waals surface area contributed by atoms with Crippen LogP contribution in [0.1, 0.15) is 205 Å². The number of hydrogen-bond donors (Lipinski definition) is 1. The van der Waals surface area contributed by atoms with E-state index in [4.69, 9.17) is 4.99 Å². The van der Waals surface area contributed by atoms with E-state index in [1.165, 1.54) is 211 Å². The highest BCUT2D eigenvalue weighted by molar-refractivity contribution is 5.81. The summed E-state index contributed by atoms with van der Waals surface area (Å²) in [5, 5.41) is 4.32. The summed E-state index contributed by atoms with van der Waals surface area (Å²) < 4.78 is 0. The topological polar surface area (TPSA) is 27.6 Å². The second kappa shape index (κ2) is 20.2. The molecule has 3 nitrogen and oxygen atoms in total. The monoisotopic (exact) mass is 556 g/mol. The van der Waals surface area contributed by atoms with Gasteiger partial charge in [-0.05, 0) is 51.4 Å². The largest absolute Gasteiger partial charge is 0.353 e. The summed E-state index contributed by atoms with van der Waals surface area (Å²) in [6, 6.07) is 2.56. The summed E-state index contributed by atoms with van der Waals surface area (Å²) in [7, 11) is 0. The summed E-state index contributed by atoms with van der Waals surface area (Å²) in [5.74, 6) is 1.39. The van der Waals surface area contributed by atoms with Gasteiger partial charge in [-0.2, -0.15) is 0 Å². The van der Waals surface area contributed by atoms with E-state index in [9.17, 15) is 0 Å². The number of rotatable bonds is 4. The van der Waals surface area contributed by atoms with Crippen LogP contribution in [0.3, 0.4) is 0 Å². The van der Waals surface area contributed by atoms with Crippen molar-refractivity contribution in [3.8, 4) is 0 Å². The minimum Gasteiger partial charge on any atom is -0.353 e. The number of nitrogens with zero attached hydrogens (tertiary/aromatic N) is 2. The number of aliphatic imine (C=N–C) groups is 1. The van der Waals surface area contributed by atoms with Gasteiger partial charge >= 0.3 is 0 Å². The van der Waals surface area contributed by atoms with Crippen LogP contribution in [0.25, 0.3) is 0 Å². The van der Waals surface area contributed by atoms with Gasteiger partial charge in [-0.15, -0.1) is 0 Å². The lowest BCUT2D eigenvalue weighted by molar-refractivity contribution is 0.177. The predicted octanol–water partition coefficient (Wildman–Crippen LogP) is 11.2. The van der Waals surface area contributed by atoms with E-state index in [1.54, 1.807) is 0 Å². The molecule has 0 heterocycles. The van der Waals surface area contributed by atoms with Crippen LogP contribution in [0.5, 0.6) is 0 Å². The molecule has 0 spiro atoms. The molecular formula is C37H69N3. The van der Waals surface area contributed by atoms with Gasteiger partial charge in [-0.3, -0.25) is 0 Å². The molecule has 0 atom stereocenters. The molecule has 0 bridgehead atoms. The first kappa shape index (κ1) is 32.2. The highest BCUT2D eigenvalue weighted by Gasteiger charge is 2.31. The van der Waals surface area contributed by atoms with Gasteiger partial charge in [0.15, 0.2) is 5.96 Å². The first-order valence-electron chi connectivity index (χ1n) is 19.0. The Morgan fingerprint density at radius 2 is 0.675 bits per heavy atom. The van der Waals surface area contributed by atoms with E-state index >= 15 is 0 Å². The maximum absolute atomic E-state index is 5.89. The molecule has 1 N–H and O–H groups in total. The van der Waals surface area contributed by atoms with E-state index in [2.05, 4.69) is 10.2 Å². The quantitative estimate of drug-likeness (QED) is 0.276. The van der Waals surface area contributed by atoms with Crippen molar-refractivity contribution in [2.75, 3.05) is 0 Å². The number of nitrogens with one attached hydrogen (secondary N) is 1. The van der Waals surface area contributed by atoms with Crippen molar-refractivity contribution in [3.63, 3.8) is 0 Å². The molecule has 4 aliphatic rings. The van der Waals surface area contributed by atoms with Crippen molar-refractivity contribution in [2.24, 2.45) is 4.99 Å². The normalized spacial score (nSPS) is 26.6. The Hall–Kier alpha value is -0.730. The molecule has 0 saturated heterocycles. The third kappa shape index (κ3) is 12.2. The Bertz CT molecular complexity index is 596. The first-order valence-corrected chi connectivity index (χ1v) is 19.0. The van der Waals surface area contributed by atoms with E-state index in [0.717, 1.165) is 0 Å². The van der Waals surface area contributed by atoms with E-state index in [-0.39, 0.29) is 0 Å². The molecule has 3 heteroatoms. The molecule has 0 aliphatic heterocycles. The zero-order valence-electron chi connectivity index (χ0n) is 26.8. The molecule has 0 aromatic heterocycles. The van der Waals surface area contributed by atoms with E-state index < -0.39 is 0 Å². The number of guanidine groups is 1. The molecule has 0 unspecified atom stereocenters. The van der Waals surface area contributed by atoms with E-state index in [0.29, 0.717) is 24.2 Å². The lowest BCUT2D eigenvalue weighted by Crippen LogP contribution is -2.55. The van der Waals surface area contributed by atoms with Crippen molar-refractivity contribution in [1.82, 2.24) is 10.2 Å². The second-order valence-corrected chi connectivity index (χ2v) is 14.5. The van der Waals surface area contributed by atoms with Crippen LogP contribution in [-0.2, 0) is 0 Å². The molecule has 4 fully saturated rings. The molecule has 232 valence electrons. The lowest BCUT2D eigenvalue weighted by atomic mass is 9.96. The fourth-order valence-electron chi connectivity index (χ4n) is 8.47. The van der Waals surface area contributed by atoms with Gasteiger partial charge in [0.05, 0.1) is 6.04 Å². The summed E-state index contributed by atoms with van der Waals surface area (Å²) in [6.07, 6.45) is 45.3. The molecule has 0 aromatic rings. The summed E-state index contributed by atoms with van der Waals surface area (Å²) >= 11 is 0. The SMILES string of the molecule is C1CCCCC(N=C(NC2CCCCCCCC2)N(C2CCCCCCCC2)C2CCCCCCCC2)CCC1. The Labute approximate surface area is 250 Å². The average molecular weight is 556 g/mol. The van der Waals surface area contributed by atoms with Crippen LogP contribution in [0.2, 0.25) is 0 Å². The van der Waals surface area contributed by atoms with Gasteiger partial charge in [0.1, 0.15) is 0 Å². The highest BCUT2D eigenvalue weighted by Crippen LogP contribution is 2.30. The number of hydrogen-bond acceptors (Lipinski definition) is 1. The van der Waals surface area contributed by atoms with Gasteiger partial charge in [0, 0.05) is 18.1 Å². The summed E-state index contributed by atoms with van der Waals surface area (Å²) in [5.41, 5.74) is 0. The second-order valence-electron chi connectivity index (χ2n) is 14.5. The minimum atomic E-state index is 0.534. The fraction of sp³-hybridized carbons (Fsp3) is 0.973. The van der Waals surface area contributed by atoms with Crippen LogP contribution in [0.15, 0.2) is 4.99 Å². The van der Waals surface area contributed by atoms with Crippen LogP contribution < -0.4 is 5.32 Å². The van der Waals surface area contributed by atoms with E-state index in [1.807, 2.05) is 0 Å². The van der Waals surface area contributed by atoms with Gasteiger partial charge < -0.3 is 10.2 Å². The van der Waals surface area contributed by atoms with Gasteiger partial charge in [-0.25, -0.2) is 4.99 Å². The maximum Gasteiger partial charge on any atom is 0.194 e. The molecular weight excluding hydrogens is 486 g/mol. The van der Waals surface area contributed by atoms with Gasteiger partial charge in [0.2, 0.25) is 0 Å². The summed E-state index contributed by atoms with van der Waals surface area (Å²) in [4.78, 5) is 8.91. The van der Waals surface area contributed by atoms with Crippen LogP contribution in [0, 0.1) is 0 Å². The van der Waals surface area contributed by atoms with Crippen molar-refractivity contribution in [1.29, 1.82) is 0 Å². The third-order valence-corrected chi connectivity index (χ3v) is 11.0. The Morgan fingerprint density at radius 1 is 0.375 bits per heavy atom. The molecule has 4 rings (SSSR count). The average Bonchev–Trinajstić information content (AvgIpc) is 3.31. The van der Waals surface area contributed by atoms with Crippen molar-refractivity contribution < 1.29 is 0 Å². The lowest BCUT2D eigenvalue weighted by Gasteiger charge is -2.43. The molecule has 0 radical (unpaired) electrons. The third-order valence-electron chi connectivity index (χ3n) is 11.0. The Balaban J connectivity index is 1.65.